The Labute approximate surface area is 165 Å². The third kappa shape index (κ3) is 2.96. The van der Waals surface area contributed by atoms with Crippen LogP contribution in [0.25, 0.3) is 11.2 Å². The number of hydrogen-bond donors (Lipinski definition) is 1. The zero-order valence-electron chi connectivity index (χ0n) is 16.3. The van der Waals surface area contributed by atoms with Gasteiger partial charge in [-0.1, -0.05) is 13.0 Å². The van der Waals surface area contributed by atoms with Crippen LogP contribution in [0, 0.1) is 5.92 Å². The maximum absolute atomic E-state index is 13.0. The molecule has 3 heterocycles. The van der Waals surface area contributed by atoms with Crippen molar-refractivity contribution in [1.82, 2.24) is 18.7 Å². The van der Waals surface area contributed by atoms with E-state index >= 15 is 0 Å². The molecule has 0 unspecified atom stereocenters. The van der Waals surface area contributed by atoms with E-state index in [0.29, 0.717) is 24.8 Å². The van der Waals surface area contributed by atoms with E-state index < -0.39 is 23.8 Å². The minimum absolute atomic E-state index is 0.190. The second-order valence-corrected chi connectivity index (χ2v) is 7.24. The van der Waals surface area contributed by atoms with Crippen molar-refractivity contribution >= 4 is 28.8 Å². The maximum Gasteiger partial charge on any atom is 0.333 e. The first-order chi connectivity index (χ1) is 13.8. The number of fused-ring (bicyclic) bond motifs is 3. The molecule has 1 atom stereocenters. The molecule has 0 aliphatic carbocycles. The van der Waals surface area contributed by atoms with Crippen LogP contribution in [-0.2, 0) is 24.9 Å². The fourth-order valence-corrected chi connectivity index (χ4v) is 3.78. The Morgan fingerprint density at radius 2 is 2.07 bits per heavy atom. The van der Waals surface area contributed by atoms with Crippen molar-refractivity contribution in [3.8, 4) is 5.75 Å². The van der Waals surface area contributed by atoms with Crippen LogP contribution in [0.1, 0.15) is 6.92 Å². The first-order valence-electron chi connectivity index (χ1n) is 9.15. The molecule has 1 aliphatic heterocycles. The van der Waals surface area contributed by atoms with Crippen molar-refractivity contribution < 1.29 is 14.6 Å². The molecule has 1 N–H and O–H groups in total. The average molecular weight is 399 g/mol. The van der Waals surface area contributed by atoms with Crippen molar-refractivity contribution in [2.75, 3.05) is 18.6 Å². The van der Waals surface area contributed by atoms with Crippen LogP contribution in [0.5, 0.6) is 5.75 Å². The quantitative estimate of drug-likeness (QED) is 0.690. The molecule has 10 heteroatoms. The summed E-state index contributed by atoms with van der Waals surface area (Å²) < 4.78 is 9.04. The highest BCUT2D eigenvalue weighted by Gasteiger charge is 2.30. The first kappa shape index (κ1) is 18.8. The van der Waals surface area contributed by atoms with Crippen molar-refractivity contribution in [1.29, 1.82) is 0 Å². The molecule has 3 aromatic rings. The van der Waals surface area contributed by atoms with E-state index in [4.69, 9.17) is 9.84 Å². The molecule has 0 saturated carbocycles. The Morgan fingerprint density at radius 1 is 1.31 bits per heavy atom. The molecular formula is C19H21N5O5. The number of imidazole rings is 1. The summed E-state index contributed by atoms with van der Waals surface area (Å²) >= 11 is 0. The molecule has 0 radical (unpaired) electrons. The number of aryl methyl sites for hydroxylation is 1. The Hall–Kier alpha value is -3.56. The highest BCUT2D eigenvalue weighted by Crippen LogP contribution is 2.34. The molecule has 1 aromatic carbocycles. The molecule has 152 valence electrons. The predicted octanol–water partition coefficient (Wildman–Crippen LogP) is 0.778. The Morgan fingerprint density at radius 3 is 2.76 bits per heavy atom. The van der Waals surface area contributed by atoms with Crippen LogP contribution in [0.2, 0.25) is 0 Å². The molecule has 0 bridgehead atoms. The fourth-order valence-electron chi connectivity index (χ4n) is 3.78. The van der Waals surface area contributed by atoms with Gasteiger partial charge in [-0.25, -0.2) is 9.36 Å². The summed E-state index contributed by atoms with van der Waals surface area (Å²) in [5.41, 5.74) is -0.0463. The van der Waals surface area contributed by atoms with Crippen molar-refractivity contribution in [3.05, 3.63) is 45.1 Å². The van der Waals surface area contributed by atoms with Crippen LogP contribution in [-0.4, -0.2) is 43.4 Å². The van der Waals surface area contributed by atoms with Gasteiger partial charge in [0.15, 0.2) is 11.2 Å². The van der Waals surface area contributed by atoms with Crippen molar-refractivity contribution in [3.63, 3.8) is 0 Å². The monoisotopic (exact) mass is 399 g/mol. The van der Waals surface area contributed by atoms with Gasteiger partial charge >= 0.3 is 11.7 Å². The third-order valence-electron chi connectivity index (χ3n) is 5.10. The molecular weight excluding hydrogens is 378 g/mol. The van der Waals surface area contributed by atoms with E-state index in [1.54, 1.807) is 11.7 Å². The number of hydrogen-bond acceptors (Lipinski definition) is 6. The Bertz CT molecular complexity index is 1240. The summed E-state index contributed by atoms with van der Waals surface area (Å²) in [5, 5.41) is 9.10. The van der Waals surface area contributed by atoms with Crippen LogP contribution < -0.4 is 20.9 Å². The fraction of sp³-hybridized carbons (Fsp3) is 0.368. The number of carboxylic acid groups (broad SMARTS) is 1. The van der Waals surface area contributed by atoms with Crippen LogP contribution >= 0.6 is 0 Å². The number of aliphatic carboxylic acids is 1. The number of rotatable bonds is 4. The van der Waals surface area contributed by atoms with Crippen LogP contribution in [0.15, 0.2) is 33.9 Å². The van der Waals surface area contributed by atoms with Gasteiger partial charge in [-0.15, -0.1) is 0 Å². The van der Waals surface area contributed by atoms with E-state index in [9.17, 15) is 14.4 Å². The summed E-state index contributed by atoms with van der Waals surface area (Å²) in [4.78, 5) is 43.3. The van der Waals surface area contributed by atoms with Crippen LogP contribution in [0.4, 0.5) is 11.6 Å². The minimum atomic E-state index is -1.26. The SMILES string of the molecule is COc1cccc(N2C[C@@H](C)Cn3c2nc2c3c(=O)n(CC(=O)O)c(=O)n2C)c1. The zero-order valence-corrected chi connectivity index (χ0v) is 16.3. The topological polar surface area (TPSA) is 112 Å². The van der Waals surface area contributed by atoms with Gasteiger partial charge in [0, 0.05) is 31.9 Å². The predicted molar refractivity (Wildman–Crippen MR) is 106 cm³/mol. The molecule has 0 fully saturated rings. The summed E-state index contributed by atoms with van der Waals surface area (Å²) in [7, 11) is 3.08. The highest BCUT2D eigenvalue weighted by molar-refractivity contribution is 5.77. The van der Waals surface area contributed by atoms with Gasteiger partial charge in [0.05, 0.1) is 7.11 Å². The van der Waals surface area contributed by atoms with Crippen molar-refractivity contribution in [2.24, 2.45) is 13.0 Å². The molecule has 10 nitrogen and oxygen atoms in total. The number of carbonyl (C=O) groups is 1. The minimum Gasteiger partial charge on any atom is -0.497 e. The molecule has 0 amide bonds. The lowest BCUT2D eigenvalue weighted by Crippen LogP contribution is -2.41. The summed E-state index contributed by atoms with van der Waals surface area (Å²) in [6.07, 6.45) is 0. The number of aromatic nitrogens is 4. The molecule has 4 rings (SSSR count). The lowest BCUT2D eigenvalue weighted by atomic mass is 10.1. The molecule has 29 heavy (non-hydrogen) atoms. The van der Waals surface area contributed by atoms with E-state index in [1.165, 1.54) is 11.6 Å². The molecule has 2 aromatic heterocycles. The van der Waals surface area contributed by atoms with Gasteiger partial charge < -0.3 is 19.3 Å². The van der Waals surface area contributed by atoms with E-state index in [-0.39, 0.29) is 17.1 Å². The van der Waals surface area contributed by atoms with Gasteiger partial charge in [-0.2, -0.15) is 4.98 Å². The van der Waals surface area contributed by atoms with Gasteiger partial charge in [-0.3, -0.25) is 14.2 Å². The third-order valence-corrected chi connectivity index (χ3v) is 5.10. The second kappa shape index (κ2) is 6.80. The summed E-state index contributed by atoms with van der Waals surface area (Å²) in [6.45, 7) is 2.57. The Kier molecular flexibility index (Phi) is 4.40. The van der Waals surface area contributed by atoms with E-state index in [1.807, 2.05) is 29.2 Å². The standard InChI is InChI=1S/C19H21N5O5/c1-11-8-22(12-5-4-6-13(7-12)29-3)18-20-16-15(23(18)9-11)17(27)24(10-14(25)26)19(28)21(16)2/h4-7,11H,8-10H2,1-3H3,(H,25,26)/t11-/m1/s1. The maximum atomic E-state index is 13.0. The molecule has 1 aliphatic rings. The van der Waals surface area contributed by atoms with E-state index in [2.05, 4.69) is 11.9 Å². The number of nitrogens with zero attached hydrogens (tertiary/aromatic N) is 5. The van der Waals surface area contributed by atoms with Gasteiger partial charge in [0.2, 0.25) is 5.95 Å². The number of carboxylic acids is 1. The van der Waals surface area contributed by atoms with E-state index in [0.717, 1.165) is 10.3 Å². The summed E-state index contributed by atoms with van der Waals surface area (Å²) in [6, 6.07) is 7.51. The molecule has 0 saturated heterocycles. The number of methoxy groups -OCH3 is 1. The van der Waals surface area contributed by atoms with Gasteiger partial charge in [0.25, 0.3) is 5.56 Å². The molecule has 0 spiro atoms. The first-order valence-corrected chi connectivity index (χ1v) is 9.15. The zero-order chi connectivity index (χ0) is 20.9. The highest BCUT2D eigenvalue weighted by atomic mass is 16.5. The summed E-state index contributed by atoms with van der Waals surface area (Å²) in [5.74, 6) is 0.162. The largest absolute Gasteiger partial charge is 0.497 e. The van der Waals surface area contributed by atoms with Crippen molar-refractivity contribution in [2.45, 2.75) is 20.0 Å². The van der Waals surface area contributed by atoms with Crippen LogP contribution in [0.3, 0.4) is 0 Å². The number of ether oxygens (including phenoxy) is 1. The second-order valence-electron chi connectivity index (χ2n) is 7.24. The number of benzene rings is 1. The number of anilines is 2. The lowest BCUT2D eigenvalue weighted by molar-refractivity contribution is -0.137. The lowest BCUT2D eigenvalue weighted by Gasteiger charge is -2.33. The normalized spacial score (nSPS) is 16.1. The van der Waals surface area contributed by atoms with Gasteiger partial charge in [0.1, 0.15) is 12.3 Å². The smallest absolute Gasteiger partial charge is 0.333 e. The Balaban J connectivity index is 1.99. The average Bonchev–Trinajstić information content (AvgIpc) is 3.08. The van der Waals surface area contributed by atoms with Gasteiger partial charge in [-0.05, 0) is 18.1 Å².